The lowest BCUT2D eigenvalue weighted by Crippen LogP contribution is -2.26. The molecule has 1 aliphatic heterocycles. The molecule has 0 amide bonds. The van der Waals surface area contributed by atoms with Crippen LogP contribution in [0.25, 0.3) is 16.6 Å². The van der Waals surface area contributed by atoms with Crippen molar-refractivity contribution in [1.29, 1.82) is 0 Å². The molecule has 0 spiro atoms. The van der Waals surface area contributed by atoms with Crippen LogP contribution in [-0.4, -0.2) is 22.2 Å². The number of aromatic nitrogens is 2. The molecule has 0 saturated heterocycles. The third-order valence-corrected chi connectivity index (χ3v) is 4.05. The molecule has 1 aliphatic rings. The van der Waals surface area contributed by atoms with Crippen LogP contribution >= 0.6 is 11.6 Å². The number of nitrogens with one attached hydrogen (secondary N) is 1. The highest BCUT2D eigenvalue weighted by Crippen LogP contribution is 2.35. The largest absolute Gasteiger partial charge is 0.338 e. The zero-order valence-electron chi connectivity index (χ0n) is 11.9. The van der Waals surface area contributed by atoms with Crippen molar-refractivity contribution in [2.24, 2.45) is 10.4 Å². The van der Waals surface area contributed by atoms with Crippen molar-refractivity contribution < 1.29 is 0 Å². The highest BCUT2D eigenvalue weighted by atomic mass is 35.5. The molecular formula is C16H18ClN3. The van der Waals surface area contributed by atoms with E-state index in [1.54, 1.807) is 0 Å². The van der Waals surface area contributed by atoms with Crippen molar-refractivity contribution in [2.45, 2.75) is 33.2 Å². The van der Waals surface area contributed by atoms with E-state index in [0.29, 0.717) is 0 Å². The summed E-state index contributed by atoms with van der Waals surface area (Å²) in [5.41, 5.74) is 3.00. The van der Waals surface area contributed by atoms with Crippen LogP contribution in [0.2, 0.25) is 0 Å². The van der Waals surface area contributed by atoms with Crippen LogP contribution in [0.15, 0.2) is 34.3 Å². The van der Waals surface area contributed by atoms with Gasteiger partial charge < -0.3 is 4.98 Å². The number of hydrogen-bond donors (Lipinski definition) is 1. The van der Waals surface area contributed by atoms with E-state index in [1.807, 2.05) is 30.5 Å². The fraction of sp³-hybridized carbons (Fsp3) is 0.375. The van der Waals surface area contributed by atoms with Gasteiger partial charge in [-0.25, -0.2) is 4.98 Å². The van der Waals surface area contributed by atoms with Crippen LogP contribution < -0.4 is 0 Å². The van der Waals surface area contributed by atoms with Crippen molar-refractivity contribution in [3.05, 3.63) is 35.1 Å². The van der Waals surface area contributed by atoms with Crippen molar-refractivity contribution >= 4 is 34.4 Å². The lowest BCUT2D eigenvalue weighted by atomic mass is 9.83. The standard InChI is InChI=1S/C16H18ClN3/c1-16(2,3)14-8-11(17)10(9-18-14)15-19-12-6-4-5-7-13(12)20-15/h4-7,9,14H,8H2,1-3H3,(H,19,20). The minimum Gasteiger partial charge on any atom is -0.338 e. The first-order chi connectivity index (χ1) is 9.45. The number of fused-ring (bicyclic) bond motifs is 1. The second-order valence-corrected chi connectivity index (χ2v) is 6.74. The SMILES string of the molecule is CC(C)(C)C1CC(Cl)=C(c2nc3ccccc3[nH]2)C=N1. The van der Waals surface area contributed by atoms with Gasteiger partial charge in [-0.2, -0.15) is 0 Å². The third kappa shape index (κ3) is 2.38. The maximum atomic E-state index is 6.47. The number of benzene rings is 1. The second-order valence-electron chi connectivity index (χ2n) is 6.29. The zero-order chi connectivity index (χ0) is 14.3. The van der Waals surface area contributed by atoms with E-state index >= 15 is 0 Å². The number of allylic oxidation sites excluding steroid dienone is 1. The number of para-hydroxylation sites is 2. The Balaban J connectivity index is 1.97. The molecule has 0 fully saturated rings. The average molecular weight is 288 g/mol. The van der Waals surface area contributed by atoms with Gasteiger partial charge in [0.1, 0.15) is 5.82 Å². The number of imidazole rings is 1. The topological polar surface area (TPSA) is 41.0 Å². The van der Waals surface area contributed by atoms with Gasteiger partial charge in [0.25, 0.3) is 0 Å². The van der Waals surface area contributed by atoms with Crippen LogP contribution in [0.1, 0.15) is 33.0 Å². The lowest BCUT2D eigenvalue weighted by Gasteiger charge is -2.29. The molecule has 2 aromatic rings. The van der Waals surface area contributed by atoms with Gasteiger partial charge in [0.05, 0.1) is 17.1 Å². The van der Waals surface area contributed by atoms with Gasteiger partial charge in [0.2, 0.25) is 0 Å². The number of nitrogens with zero attached hydrogens (tertiary/aromatic N) is 2. The van der Waals surface area contributed by atoms with Gasteiger partial charge in [-0.15, -0.1) is 0 Å². The fourth-order valence-corrected chi connectivity index (χ4v) is 2.65. The van der Waals surface area contributed by atoms with E-state index in [2.05, 4.69) is 35.7 Å². The van der Waals surface area contributed by atoms with Crippen LogP contribution in [0, 0.1) is 5.41 Å². The third-order valence-electron chi connectivity index (χ3n) is 3.69. The Morgan fingerprint density at radius 1 is 1.25 bits per heavy atom. The Bertz CT molecular complexity index is 671. The Morgan fingerprint density at radius 3 is 2.65 bits per heavy atom. The summed E-state index contributed by atoms with van der Waals surface area (Å²) >= 11 is 6.47. The van der Waals surface area contributed by atoms with Gasteiger partial charge in [0, 0.05) is 23.2 Å². The molecule has 2 heterocycles. The predicted molar refractivity (Wildman–Crippen MR) is 85.2 cm³/mol. The molecule has 1 aromatic heterocycles. The monoisotopic (exact) mass is 287 g/mol. The van der Waals surface area contributed by atoms with Gasteiger partial charge in [0.15, 0.2) is 0 Å². The van der Waals surface area contributed by atoms with Crippen molar-refractivity contribution in [1.82, 2.24) is 9.97 Å². The normalized spacial score (nSPS) is 19.9. The molecule has 3 nitrogen and oxygen atoms in total. The molecule has 0 aliphatic carbocycles. The van der Waals surface area contributed by atoms with Crippen LogP contribution in [0.5, 0.6) is 0 Å². The minimum atomic E-state index is 0.121. The van der Waals surface area contributed by atoms with Crippen molar-refractivity contribution in [2.75, 3.05) is 0 Å². The molecule has 20 heavy (non-hydrogen) atoms. The molecule has 1 aromatic carbocycles. The fourth-order valence-electron chi connectivity index (χ4n) is 2.37. The smallest absolute Gasteiger partial charge is 0.141 e. The van der Waals surface area contributed by atoms with E-state index in [4.69, 9.17) is 11.6 Å². The molecule has 1 atom stereocenters. The van der Waals surface area contributed by atoms with E-state index in [1.165, 1.54) is 0 Å². The maximum Gasteiger partial charge on any atom is 0.141 e. The summed E-state index contributed by atoms with van der Waals surface area (Å²) in [6, 6.07) is 8.20. The zero-order valence-corrected chi connectivity index (χ0v) is 12.7. The minimum absolute atomic E-state index is 0.121. The Kier molecular flexibility index (Phi) is 3.17. The molecule has 0 bridgehead atoms. The van der Waals surface area contributed by atoms with E-state index in [0.717, 1.165) is 33.9 Å². The second kappa shape index (κ2) is 4.74. The van der Waals surface area contributed by atoms with E-state index in [9.17, 15) is 0 Å². The number of halogens is 1. The molecule has 3 rings (SSSR count). The Labute approximate surface area is 123 Å². The van der Waals surface area contributed by atoms with Crippen molar-refractivity contribution in [3.63, 3.8) is 0 Å². The highest BCUT2D eigenvalue weighted by Gasteiger charge is 2.28. The number of dihydropyridines is 1. The molecule has 104 valence electrons. The number of rotatable bonds is 1. The van der Waals surface area contributed by atoms with Crippen LogP contribution in [0.4, 0.5) is 0 Å². The van der Waals surface area contributed by atoms with Gasteiger partial charge in [-0.05, 0) is 17.5 Å². The Hall–Kier alpha value is -1.61. The van der Waals surface area contributed by atoms with Crippen LogP contribution in [0.3, 0.4) is 0 Å². The number of aromatic amines is 1. The van der Waals surface area contributed by atoms with Gasteiger partial charge in [-0.1, -0.05) is 44.5 Å². The van der Waals surface area contributed by atoms with Crippen molar-refractivity contribution in [3.8, 4) is 0 Å². The predicted octanol–water partition coefficient (Wildman–Crippen LogP) is 4.40. The average Bonchev–Trinajstić information content (AvgIpc) is 2.80. The van der Waals surface area contributed by atoms with Gasteiger partial charge >= 0.3 is 0 Å². The molecule has 0 radical (unpaired) electrons. The number of H-pyrrole nitrogens is 1. The van der Waals surface area contributed by atoms with E-state index < -0.39 is 0 Å². The summed E-state index contributed by atoms with van der Waals surface area (Å²) in [5.74, 6) is 0.798. The molecule has 4 heteroatoms. The molecule has 1 unspecified atom stereocenters. The first kappa shape index (κ1) is 13.4. The lowest BCUT2D eigenvalue weighted by molar-refractivity contribution is 0.322. The summed E-state index contributed by atoms with van der Waals surface area (Å²) in [7, 11) is 0. The summed E-state index contributed by atoms with van der Waals surface area (Å²) in [6.07, 6.45) is 2.63. The molecular weight excluding hydrogens is 270 g/mol. The number of aliphatic imine (C=N–C) groups is 1. The van der Waals surface area contributed by atoms with Crippen LogP contribution in [-0.2, 0) is 0 Å². The molecule has 0 saturated carbocycles. The summed E-state index contributed by atoms with van der Waals surface area (Å²) in [4.78, 5) is 12.5. The first-order valence-electron chi connectivity index (χ1n) is 6.82. The summed E-state index contributed by atoms with van der Waals surface area (Å²) < 4.78 is 0. The highest BCUT2D eigenvalue weighted by molar-refractivity contribution is 6.37. The van der Waals surface area contributed by atoms with E-state index in [-0.39, 0.29) is 11.5 Å². The van der Waals surface area contributed by atoms with Gasteiger partial charge in [-0.3, -0.25) is 4.99 Å². The maximum absolute atomic E-state index is 6.47. The summed E-state index contributed by atoms with van der Waals surface area (Å²) in [5, 5.41) is 0.832. The Morgan fingerprint density at radius 2 is 2.00 bits per heavy atom. The molecule has 1 N–H and O–H groups in total. The summed E-state index contributed by atoms with van der Waals surface area (Å²) in [6.45, 7) is 6.56. The quantitative estimate of drug-likeness (QED) is 0.830. The number of hydrogen-bond acceptors (Lipinski definition) is 2. The first-order valence-corrected chi connectivity index (χ1v) is 7.20.